The van der Waals surface area contributed by atoms with Crippen LogP contribution in [0.5, 0.6) is 0 Å². The summed E-state index contributed by atoms with van der Waals surface area (Å²) >= 11 is 0. The van der Waals surface area contributed by atoms with Gasteiger partial charge in [-0.15, -0.1) is 0 Å². The summed E-state index contributed by atoms with van der Waals surface area (Å²) in [6, 6.07) is 8.99. The van der Waals surface area contributed by atoms with Crippen LogP contribution in [0.1, 0.15) is 24.8 Å². The summed E-state index contributed by atoms with van der Waals surface area (Å²) in [5.41, 5.74) is 1.40. The fourth-order valence-corrected chi connectivity index (χ4v) is 3.94. The number of halogens is 1. The second-order valence-electron chi connectivity index (χ2n) is 7.86. The quantitative estimate of drug-likeness (QED) is 0.311. The molecule has 0 radical (unpaired) electrons. The number of nitrogens with one attached hydrogen (secondary N) is 2. The number of ketones is 1. The van der Waals surface area contributed by atoms with E-state index < -0.39 is 29.8 Å². The molecule has 1 aromatic carbocycles. The number of carbonyl (C=O) groups is 2. The molecule has 3 heterocycles. The van der Waals surface area contributed by atoms with E-state index in [2.05, 4.69) is 15.3 Å². The predicted molar refractivity (Wildman–Crippen MR) is 117 cm³/mol. The highest BCUT2D eigenvalue weighted by molar-refractivity contribution is 6.26. The van der Waals surface area contributed by atoms with Crippen molar-refractivity contribution in [2.24, 2.45) is 0 Å². The number of aliphatic hydroxyl groups excluding tert-OH is 1. The molecule has 168 valence electrons. The number of fused-ring (bicyclic) bond motifs is 1. The maximum atomic E-state index is 13.3. The molecule has 8 nitrogen and oxygen atoms in total. The van der Waals surface area contributed by atoms with Crippen molar-refractivity contribution in [2.75, 3.05) is 5.32 Å². The van der Waals surface area contributed by atoms with Crippen LogP contribution in [-0.2, 0) is 19.1 Å². The van der Waals surface area contributed by atoms with E-state index in [-0.39, 0.29) is 17.2 Å². The number of aromatic nitrogens is 2. The van der Waals surface area contributed by atoms with Crippen molar-refractivity contribution < 1.29 is 28.6 Å². The minimum Gasteiger partial charge on any atom is -0.456 e. The monoisotopic (exact) mass is 449 g/mol. The molecule has 3 aromatic rings. The number of aliphatic hydroxyl groups is 1. The fourth-order valence-electron chi connectivity index (χ4n) is 3.94. The Hall–Kier alpha value is -3.98. The highest BCUT2D eigenvalue weighted by Crippen LogP contribution is 2.31. The molecular formula is C24H20FN3O5. The fraction of sp³-hybridized carbons (Fsp3) is 0.208. The van der Waals surface area contributed by atoms with E-state index in [4.69, 9.17) is 9.47 Å². The van der Waals surface area contributed by atoms with E-state index in [1.54, 1.807) is 18.5 Å². The topological polar surface area (TPSA) is 114 Å². The molecule has 0 unspecified atom stereocenters. The first-order chi connectivity index (χ1) is 16.0. The number of esters is 1. The second kappa shape index (κ2) is 8.51. The molecule has 2 aromatic heterocycles. The SMILES string of the molecule is O=C(O[C@@H]1CCC[C@@H]1O)C1=C(Nc2ccc(F)cc2)O/C(=C\c2c[nH]c3ncccc23)C1=O. The predicted octanol–water partition coefficient (Wildman–Crippen LogP) is 3.42. The van der Waals surface area contributed by atoms with Crippen LogP contribution in [0.15, 0.2) is 66.0 Å². The number of hydrogen-bond donors (Lipinski definition) is 3. The molecule has 3 N–H and O–H groups in total. The van der Waals surface area contributed by atoms with Crippen LogP contribution in [0, 0.1) is 5.82 Å². The maximum absolute atomic E-state index is 13.3. The second-order valence-corrected chi connectivity index (χ2v) is 7.86. The minimum absolute atomic E-state index is 0.0803. The average Bonchev–Trinajstić information content (AvgIpc) is 3.48. The Balaban J connectivity index is 1.48. The number of hydrogen-bond acceptors (Lipinski definition) is 7. The Kier molecular flexibility index (Phi) is 5.39. The number of allylic oxidation sites excluding steroid dienone is 1. The van der Waals surface area contributed by atoms with Gasteiger partial charge in [-0.05, 0) is 61.7 Å². The number of aromatic amines is 1. The van der Waals surface area contributed by atoms with Gasteiger partial charge in [-0.2, -0.15) is 0 Å². The summed E-state index contributed by atoms with van der Waals surface area (Å²) in [5, 5.41) is 13.7. The lowest BCUT2D eigenvalue weighted by Gasteiger charge is -2.15. The van der Waals surface area contributed by atoms with Gasteiger partial charge in [0.05, 0.1) is 6.10 Å². The third kappa shape index (κ3) is 4.10. The summed E-state index contributed by atoms with van der Waals surface area (Å²) in [4.78, 5) is 33.3. The zero-order valence-corrected chi connectivity index (χ0v) is 17.4. The maximum Gasteiger partial charge on any atom is 0.348 e. The number of pyridine rings is 1. The van der Waals surface area contributed by atoms with Crippen LogP contribution >= 0.6 is 0 Å². The third-order valence-corrected chi connectivity index (χ3v) is 5.64. The van der Waals surface area contributed by atoms with Gasteiger partial charge in [-0.25, -0.2) is 14.2 Å². The lowest BCUT2D eigenvalue weighted by molar-refractivity contribution is -0.149. The first-order valence-electron chi connectivity index (χ1n) is 10.5. The normalized spacial score (nSPS) is 21.6. The molecule has 9 heteroatoms. The van der Waals surface area contributed by atoms with E-state index in [0.29, 0.717) is 29.7 Å². The molecule has 0 amide bonds. The smallest absolute Gasteiger partial charge is 0.348 e. The molecule has 1 fully saturated rings. The molecule has 0 saturated heterocycles. The molecule has 33 heavy (non-hydrogen) atoms. The van der Waals surface area contributed by atoms with E-state index >= 15 is 0 Å². The lowest BCUT2D eigenvalue weighted by Crippen LogP contribution is -2.28. The van der Waals surface area contributed by atoms with Gasteiger partial charge in [0.25, 0.3) is 0 Å². The summed E-state index contributed by atoms with van der Waals surface area (Å²) in [5.74, 6) is -2.17. The lowest BCUT2D eigenvalue weighted by atomic mass is 10.1. The van der Waals surface area contributed by atoms with Crippen LogP contribution in [0.25, 0.3) is 17.1 Å². The number of benzene rings is 1. The number of carbonyl (C=O) groups excluding carboxylic acids is 2. The van der Waals surface area contributed by atoms with E-state index in [1.807, 2.05) is 6.07 Å². The Bertz CT molecular complexity index is 1290. The molecule has 1 aliphatic carbocycles. The van der Waals surface area contributed by atoms with Gasteiger partial charge < -0.3 is 24.9 Å². The van der Waals surface area contributed by atoms with Crippen molar-refractivity contribution in [1.82, 2.24) is 9.97 Å². The van der Waals surface area contributed by atoms with Gasteiger partial charge in [-0.3, -0.25) is 4.79 Å². The highest BCUT2D eigenvalue weighted by Gasteiger charge is 2.39. The van der Waals surface area contributed by atoms with Crippen LogP contribution in [0.2, 0.25) is 0 Å². The first kappa shape index (κ1) is 20.9. The van der Waals surface area contributed by atoms with Crippen molar-refractivity contribution in [3.05, 3.63) is 77.4 Å². The number of ether oxygens (including phenoxy) is 2. The Morgan fingerprint density at radius 1 is 1.27 bits per heavy atom. The van der Waals surface area contributed by atoms with Crippen LogP contribution in [-0.4, -0.2) is 39.0 Å². The zero-order chi connectivity index (χ0) is 22.9. The summed E-state index contributed by atoms with van der Waals surface area (Å²) in [7, 11) is 0. The average molecular weight is 449 g/mol. The molecule has 5 rings (SSSR count). The van der Waals surface area contributed by atoms with Gasteiger partial charge in [0.2, 0.25) is 11.7 Å². The molecule has 2 aliphatic rings. The van der Waals surface area contributed by atoms with Gasteiger partial charge in [-0.1, -0.05) is 0 Å². The van der Waals surface area contributed by atoms with E-state index in [1.165, 1.54) is 30.3 Å². The molecular weight excluding hydrogens is 429 g/mol. The number of H-pyrrole nitrogens is 1. The third-order valence-electron chi connectivity index (χ3n) is 5.64. The van der Waals surface area contributed by atoms with Gasteiger partial charge in [0, 0.05) is 29.0 Å². The van der Waals surface area contributed by atoms with Crippen LogP contribution < -0.4 is 5.32 Å². The first-order valence-corrected chi connectivity index (χ1v) is 10.5. The summed E-state index contributed by atoms with van der Waals surface area (Å²) in [6.45, 7) is 0. The number of nitrogens with zero attached hydrogens (tertiary/aromatic N) is 1. The van der Waals surface area contributed by atoms with Crippen LogP contribution in [0.3, 0.4) is 0 Å². The molecule has 2 atom stereocenters. The highest BCUT2D eigenvalue weighted by atomic mass is 19.1. The van der Waals surface area contributed by atoms with Crippen molar-refractivity contribution >= 4 is 34.5 Å². The van der Waals surface area contributed by atoms with Crippen molar-refractivity contribution in [3.63, 3.8) is 0 Å². The Morgan fingerprint density at radius 3 is 2.85 bits per heavy atom. The van der Waals surface area contributed by atoms with Crippen molar-refractivity contribution in [1.29, 1.82) is 0 Å². The molecule has 1 saturated carbocycles. The standard InChI is InChI=1S/C24H20FN3O5/c25-14-6-8-15(9-7-14)28-23-20(24(31)33-18-5-1-4-17(18)29)21(30)19(32-23)11-13-12-27-22-16(13)3-2-10-26-22/h2-3,6-12,17-18,28-29H,1,4-5H2,(H,26,27)/b19-11-/t17-,18+/m0/s1. The summed E-state index contributed by atoms with van der Waals surface area (Å²) < 4.78 is 24.5. The van der Waals surface area contributed by atoms with E-state index in [0.717, 1.165) is 11.8 Å². The molecule has 1 aliphatic heterocycles. The Morgan fingerprint density at radius 2 is 2.09 bits per heavy atom. The largest absolute Gasteiger partial charge is 0.456 e. The van der Waals surface area contributed by atoms with E-state index in [9.17, 15) is 19.1 Å². The molecule has 0 spiro atoms. The zero-order valence-electron chi connectivity index (χ0n) is 17.4. The van der Waals surface area contributed by atoms with Gasteiger partial charge in [0.1, 0.15) is 17.6 Å². The van der Waals surface area contributed by atoms with Crippen LogP contribution in [0.4, 0.5) is 10.1 Å². The van der Waals surface area contributed by atoms with Crippen molar-refractivity contribution in [3.8, 4) is 0 Å². The summed E-state index contributed by atoms with van der Waals surface area (Å²) in [6.07, 6.45) is 5.16. The Labute approximate surface area is 187 Å². The van der Waals surface area contributed by atoms with Crippen molar-refractivity contribution in [2.45, 2.75) is 31.5 Å². The number of anilines is 1. The minimum atomic E-state index is -0.889. The number of Topliss-reactive ketones (excluding diaryl/α,β-unsaturated/α-hetero) is 1. The van der Waals surface area contributed by atoms with Gasteiger partial charge in [0.15, 0.2) is 11.3 Å². The number of rotatable bonds is 5. The molecule has 0 bridgehead atoms. The van der Waals surface area contributed by atoms with Gasteiger partial charge >= 0.3 is 5.97 Å².